The second kappa shape index (κ2) is 4.11. The predicted octanol–water partition coefficient (Wildman–Crippen LogP) is 2.67. The van der Waals surface area contributed by atoms with Crippen molar-refractivity contribution in [3.8, 4) is 0 Å². The Morgan fingerprint density at radius 2 is 1.47 bits per heavy atom. The van der Waals surface area contributed by atoms with Gasteiger partial charge in [0.2, 0.25) is 0 Å². The van der Waals surface area contributed by atoms with E-state index in [-0.39, 0.29) is 0 Å². The van der Waals surface area contributed by atoms with E-state index in [0.29, 0.717) is 23.4 Å². The van der Waals surface area contributed by atoms with Gasteiger partial charge in [0.15, 0.2) is 0 Å². The van der Waals surface area contributed by atoms with Crippen LogP contribution < -0.4 is 11.1 Å². The van der Waals surface area contributed by atoms with Crippen LogP contribution in [0.1, 0.15) is 38.8 Å². The van der Waals surface area contributed by atoms with Crippen molar-refractivity contribution >= 4 is 0 Å². The third-order valence-electron chi connectivity index (χ3n) is 4.79. The van der Waals surface area contributed by atoms with E-state index in [1.54, 1.807) is 0 Å². The van der Waals surface area contributed by atoms with Crippen LogP contribution in [-0.2, 0) is 13.1 Å². The molecule has 17 heavy (non-hydrogen) atoms. The van der Waals surface area contributed by atoms with Crippen LogP contribution in [0.3, 0.4) is 0 Å². The van der Waals surface area contributed by atoms with Crippen LogP contribution in [0.4, 0.5) is 0 Å². The molecule has 0 aromatic heterocycles. The Kier molecular flexibility index (Phi) is 3.04. The molecule has 1 aromatic carbocycles. The summed E-state index contributed by atoms with van der Waals surface area (Å²) in [5, 5.41) is 3.66. The Labute approximate surface area is 105 Å². The standard InChI is InChI=1S/C15H24N2/c1-14(2)13(15(14,3)4)17-10-12-7-5-11(9-16)6-8-12/h5-8,13,17H,9-10,16H2,1-4H3. The van der Waals surface area contributed by atoms with Gasteiger partial charge >= 0.3 is 0 Å². The SMILES string of the molecule is CC1(C)C(NCc2ccc(CN)cc2)C1(C)C. The average molecular weight is 232 g/mol. The third kappa shape index (κ3) is 2.12. The maximum atomic E-state index is 5.59. The first-order chi connectivity index (χ1) is 7.89. The molecule has 2 nitrogen and oxygen atoms in total. The highest BCUT2D eigenvalue weighted by Crippen LogP contribution is 2.62. The van der Waals surface area contributed by atoms with Gasteiger partial charge in [-0.2, -0.15) is 0 Å². The predicted molar refractivity (Wildman–Crippen MR) is 72.5 cm³/mol. The molecule has 0 heterocycles. The van der Waals surface area contributed by atoms with Crippen molar-refractivity contribution in [3.05, 3.63) is 35.4 Å². The van der Waals surface area contributed by atoms with Gasteiger partial charge in [0.05, 0.1) is 0 Å². The Balaban J connectivity index is 1.91. The fourth-order valence-electron chi connectivity index (χ4n) is 2.72. The molecule has 2 heteroatoms. The molecule has 1 saturated carbocycles. The lowest BCUT2D eigenvalue weighted by atomic mass is 10.0. The van der Waals surface area contributed by atoms with E-state index in [4.69, 9.17) is 5.73 Å². The van der Waals surface area contributed by atoms with E-state index in [1.165, 1.54) is 11.1 Å². The normalized spacial score (nSPS) is 21.5. The second-order valence-corrected chi connectivity index (χ2v) is 6.28. The Hall–Kier alpha value is -0.860. The summed E-state index contributed by atoms with van der Waals surface area (Å²) in [5.74, 6) is 0. The smallest absolute Gasteiger partial charge is 0.0208 e. The number of rotatable bonds is 4. The van der Waals surface area contributed by atoms with Gasteiger partial charge < -0.3 is 11.1 Å². The van der Waals surface area contributed by atoms with Crippen molar-refractivity contribution in [1.82, 2.24) is 5.32 Å². The molecule has 1 aliphatic rings. The number of nitrogens with one attached hydrogen (secondary N) is 1. The topological polar surface area (TPSA) is 38.0 Å². The molecule has 1 aromatic rings. The molecule has 1 fully saturated rings. The highest BCUT2D eigenvalue weighted by atomic mass is 15.0. The van der Waals surface area contributed by atoms with Gasteiger partial charge in [0.1, 0.15) is 0 Å². The van der Waals surface area contributed by atoms with Crippen LogP contribution in [0.5, 0.6) is 0 Å². The summed E-state index contributed by atoms with van der Waals surface area (Å²) in [7, 11) is 0. The number of nitrogens with two attached hydrogens (primary N) is 1. The first-order valence-corrected chi connectivity index (χ1v) is 6.41. The van der Waals surface area contributed by atoms with Crippen molar-refractivity contribution in [1.29, 1.82) is 0 Å². The molecule has 0 bridgehead atoms. The molecule has 0 saturated heterocycles. The summed E-state index contributed by atoms with van der Waals surface area (Å²) in [4.78, 5) is 0. The Morgan fingerprint density at radius 1 is 1.00 bits per heavy atom. The number of hydrogen-bond donors (Lipinski definition) is 2. The largest absolute Gasteiger partial charge is 0.326 e. The van der Waals surface area contributed by atoms with Crippen LogP contribution >= 0.6 is 0 Å². The molecule has 2 rings (SSSR count). The lowest BCUT2D eigenvalue weighted by Gasteiger charge is -2.07. The van der Waals surface area contributed by atoms with Crippen LogP contribution in [0.15, 0.2) is 24.3 Å². The minimum atomic E-state index is 0.407. The van der Waals surface area contributed by atoms with Gasteiger partial charge in [-0.25, -0.2) is 0 Å². The monoisotopic (exact) mass is 232 g/mol. The van der Waals surface area contributed by atoms with E-state index in [0.717, 1.165) is 6.54 Å². The van der Waals surface area contributed by atoms with Gasteiger partial charge in [-0.15, -0.1) is 0 Å². The molecule has 0 amide bonds. The Morgan fingerprint density at radius 3 is 1.88 bits per heavy atom. The average Bonchev–Trinajstić information content (AvgIpc) is 2.68. The Bertz CT molecular complexity index is 376. The molecule has 1 aliphatic carbocycles. The zero-order valence-electron chi connectivity index (χ0n) is 11.4. The maximum absolute atomic E-state index is 5.59. The van der Waals surface area contributed by atoms with Crippen LogP contribution in [0, 0.1) is 10.8 Å². The third-order valence-corrected chi connectivity index (χ3v) is 4.79. The van der Waals surface area contributed by atoms with E-state index < -0.39 is 0 Å². The van der Waals surface area contributed by atoms with Gasteiger partial charge in [-0.3, -0.25) is 0 Å². The second-order valence-electron chi connectivity index (χ2n) is 6.28. The molecule has 0 aliphatic heterocycles. The fraction of sp³-hybridized carbons (Fsp3) is 0.600. The van der Waals surface area contributed by atoms with Crippen molar-refractivity contribution in [2.24, 2.45) is 16.6 Å². The molecule has 0 radical (unpaired) electrons. The number of hydrogen-bond acceptors (Lipinski definition) is 2. The summed E-state index contributed by atoms with van der Waals surface area (Å²) < 4.78 is 0. The molecule has 94 valence electrons. The summed E-state index contributed by atoms with van der Waals surface area (Å²) in [6, 6.07) is 9.17. The first kappa shape index (κ1) is 12.6. The molecule has 0 atom stereocenters. The van der Waals surface area contributed by atoms with Gasteiger partial charge in [0, 0.05) is 19.1 Å². The highest BCUT2D eigenvalue weighted by molar-refractivity contribution is 5.24. The number of benzene rings is 1. The summed E-state index contributed by atoms with van der Waals surface area (Å²) in [5.41, 5.74) is 8.93. The fourth-order valence-corrected chi connectivity index (χ4v) is 2.72. The lowest BCUT2D eigenvalue weighted by Crippen LogP contribution is -2.21. The summed E-state index contributed by atoms with van der Waals surface area (Å²) >= 11 is 0. The minimum Gasteiger partial charge on any atom is -0.326 e. The molecular weight excluding hydrogens is 208 g/mol. The molecule has 3 N–H and O–H groups in total. The maximum Gasteiger partial charge on any atom is 0.0208 e. The van der Waals surface area contributed by atoms with Gasteiger partial charge in [-0.1, -0.05) is 52.0 Å². The van der Waals surface area contributed by atoms with Crippen molar-refractivity contribution in [3.63, 3.8) is 0 Å². The van der Waals surface area contributed by atoms with Crippen LogP contribution in [-0.4, -0.2) is 6.04 Å². The van der Waals surface area contributed by atoms with Crippen molar-refractivity contribution in [2.75, 3.05) is 0 Å². The summed E-state index contributed by atoms with van der Waals surface area (Å²) in [6.07, 6.45) is 0. The van der Waals surface area contributed by atoms with E-state index in [9.17, 15) is 0 Å². The minimum absolute atomic E-state index is 0.407. The van der Waals surface area contributed by atoms with Crippen molar-refractivity contribution in [2.45, 2.75) is 46.8 Å². The first-order valence-electron chi connectivity index (χ1n) is 6.41. The zero-order chi connectivity index (χ0) is 12.7. The van der Waals surface area contributed by atoms with Crippen LogP contribution in [0.25, 0.3) is 0 Å². The van der Waals surface area contributed by atoms with Crippen molar-refractivity contribution < 1.29 is 0 Å². The van der Waals surface area contributed by atoms with E-state index in [1.807, 2.05) is 0 Å². The van der Waals surface area contributed by atoms with Gasteiger partial charge in [-0.05, 0) is 22.0 Å². The summed E-state index contributed by atoms with van der Waals surface area (Å²) in [6.45, 7) is 10.9. The lowest BCUT2D eigenvalue weighted by molar-refractivity contribution is 0.457. The molecule has 0 spiro atoms. The molecular formula is C15H24N2. The molecule has 0 unspecified atom stereocenters. The van der Waals surface area contributed by atoms with E-state index in [2.05, 4.69) is 57.3 Å². The highest BCUT2D eigenvalue weighted by Gasteiger charge is 2.64. The quantitative estimate of drug-likeness (QED) is 0.837. The van der Waals surface area contributed by atoms with E-state index >= 15 is 0 Å². The van der Waals surface area contributed by atoms with Crippen LogP contribution in [0.2, 0.25) is 0 Å². The van der Waals surface area contributed by atoms with Gasteiger partial charge in [0.25, 0.3) is 0 Å². The zero-order valence-corrected chi connectivity index (χ0v) is 11.4.